The van der Waals surface area contributed by atoms with Crippen molar-refractivity contribution in [1.82, 2.24) is 10.2 Å². The lowest BCUT2D eigenvalue weighted by molar-refractivity contribution is 0.370. The van der Waals surface area contributed by atoms with E-state index in [1.165, 1.54) is 0 Å². The molecule has 20 heavy (non-hydrogen) atoms. The summed E-state index contributed by atoms with van der Waals surface area (Å²) in [7, 11) is 0. The first kappa shape index (κ1) is 12.4. The fourth-order valence-corrected chi connectivity index (χ4v) is 2.45. The molecule has 2 aromatic heterocycles. The van der Waals surface area contributed by atoms with Gasteiger partial charge >= 0.3 is 0 Å². The van der Waals surface area contributed by atoms with Gasteiger partial charge in [0.15, 0.2) is 0 Å². The van der Waals surface area contributed by atoms with E-state index in [0.29, 0.717) is 17.2 Å². The summed E-state index contributed by atoms with van der Waals surface area (Å²) in [5.74, 6) is 0.966. The second-order valence-corrected chi connectivity index (χ2v) is 4.95. The number of aromatic amines is 1. The molecule has 0 amide bonds. The van der Waals surface area contributed by atoms with Crippen LogP contribution in [0.5, 0.6) is 5.88 Å². The van der Waals surface area contributed by atoms with Crippen LogP contribution in [0.15, 0.2) is 34.3 Å². The van der Waals surface area contributed by atoms with Crippen molar-refractivity contribution in [2.24, 2.45) is 5.73 Å². The highest BCUT2D eigenvalue weighted by atomic mass is 16.5. The van der Waals surface area contributed by atoms with Gasteiger partial charge in [-0.15, -0.1) is 5.10 Å². The van der Waals surface area contributed by atoms with Crippen molar-refractivity contribution in [1.29, 1.82) is 5.26 Å². The van der Waals surface area contributed by atoms with Gasteiger partial charge in [-0.25, -0.2) is 0 Å². The lowest BCUT2D eigenvalue weighted by Gasteiger charge is -2.22. The highest BCUT2D eigenvalue weighted by Crippen LogP contribution is 2.44. The number of fused-ring (bicyclic) bond motifs is 1. The van der Waals surface area contributed by atoms with Crippen LogP contribution in [0.3, 0.4) is 0 Å². The van der Waals surface area contributed by atoms with Gasteiger partial charge < -0.3 is 14.9 Å². The molecule has 3 N–H and O–H groups in total. The summed E-state index contributed by atoms with van der Waals surface area (Å²) >= 11 is 0. The zero-order valence-corrected chi connectivity index (χ0v) is 11.2. The Bertz CT molecular complexity index is 704. The molecule has 0 unspecified atom stereocenters. The van der Waals surface area contributed by atoms with E-state index in [0.717, 1.165) is 11.3 Å². The van der Waals surface area contributed by atoms with Crippen LogP contribution >= 0.6 is 0 Å². The second kappa shape index (κ2) is 4.46. The molecule has 0 aromatic carbocycles. The van der Waals surface area contributed by atoms with E-state index in [1.54, 1.807) is 12.3 Å². The Kier molecular flexibility index (Phi) is 2.75. The highest BCUT2D eigenvalue weighted by Gasteiger charge is 2.37. The lowest BCUT2D eigenvalue weighted by atomic mass is 9.86. The number of aromatic nitrogens is 2. The van der Waals surface area contributed by atoms with Crippen LogP contribution in [-0.2, 0) is 0 Å². The van der Waals surface area contributed by atoms with Crippen LogP contribution in [0.1, 0.15) is 42.7 Å². The largest absolute Gasteiger partial charge is 0.468 e. The van der Waals surface area contributed by atoms with E-state index in [4.69, 9.17) is 14.9 Å². The molecular formula is C14H14N4O2. The van der Waals surface area contributed by atoms with Crippen molar-refractivity contribution in [2.75, 3.05) is 0 Å². The van der Waals surface area contributed by atoms with Gasteiger partial charge in [-0.2, -0.15) is 5.26 Å². The van der Waals surface area contributed by atoms with E-state index in [1.807, 2.05) is 19.9 Å². The molecule has 2 aromatic rings. The third kappa shape index (κ3) is 1.67. The first-order valence-corrected chi connectivity index (χ1v) is 6.32. The first-order chi connectivity index (χ1) is 9.63. The Hall–Kier alpha value is -2.68. The fraction of sp³-hybridized carbons (Fsp3) is 0.286. The number of furan rings is 1. The number of hydrogen-bond donors (Lipinski definition) is 2. The summed E-state index contributed by atoms with van der Waals surface area (Å²) in [6.07, 6.45) is 1.57. The first-order valence-electron chi connectivity index (χ1n) is 6.32. The molecule has 3 rings (SSSR count). The van der Waals surface area contributed by atoms with Crippen molar-refractivity contribution in [3.63, 3.8) is 0 Å². The number of rotatable bonds is 2. The van der Waals surface area contributed by atoms with Gasteiger partial charge in [0.2, 0.25) is 11.8 Å². The number of H-pyrrole nitrogens is 1. The average Bonchev–Trinajstić information content (AvgIpc) is 3.05. The number of nitrogens with zero attached hydrogens (tertiary/aromatic N) is 2. The van der Waals surface area contributed by atoms with Crippen molar-refractivity contribution >= 4 is 0 Å². The highest BCUT2D eigenvalue weighted by molar-refractivity contribution is 5.53. The summed E-state index contributed by atoms with van der Waals surface area (Å²) in [6.45, 7) is 4.08. The summed E-state index contributed by atoms with van der Waals surface area (Å²) in [4.78, 5) is 0. The van der Waals surface area contributed by atoms with Crippen LogP contribution in [0.4, 0.5) is 0 Å². The molecule has 3 heterocycles. The molecule has 1 aliphatic heterocycles. The minimum Gasteiger partial charge on any atom is -0.468 e. The van der Waals surface area contributed by atoms with Crippen molar-refractivity contribution in [2.45, 2.75) is 25.7 Å². The van der Waals surface area contributed by atoms with Crippen molar-refractivity contribution in [3.8, 4) is 11.9 Å². The van der Waals surface area contributed by atoms with Gasteiger partial charge in [0, 0.05) is 5.69 Å². The summed E-state index contributed by atoms with van der Waals surface area (Å²) in [5.41, 5.74) is 7.91. The fourth-order valence-electron chi connectivity index (χ4n) is 2.45. The quantitative estimate of drug-likeness (QED) is 0.872. The third-order valence-corrected chi connectivity index (χ3v) is 3.37. The monoisotopic (exact) mass is 270 g/mol. The zero-order chi connectivity index (χ0) is 14.3. The standard InChI is InChI=1S/C14H14N4O2/c1-7(2)12-11-10(9-4-3-5-19-9)8(6-15)13(16)20-14(11)18-17-12/h3-5,7,10H,16H2,1-2H3,(H,17,18)/t10-/m0/s1. The van der Waals surface area contributed by atoms with Gasteiger partial charge in [-0.1, -0.05) is 13.8 Å². The minimum absolute atomic E-state index is 0.0724. The molecule has 6 heteroatoms. The molecule has 1 aliphatic rings. The number of nitrogens with one attached hydrogen (secondary N) is 1. The van der Waals surface area contributed by atoms with Crippen LogP contribution < -0.4 is 10.5 Å². The number of ether oxygens (including phenoxy) is 1. The molecule has 0 fully saturated rings. The molecule has 1 atom stereocenters. The predicted molar refractivity (Wildman–Crippen MR) is 70.7 cm³/mol. The minimum atomic E-state index is -0.380. The molecule has 0 saturated carbocycles. The average molecular weight is 270 g/mol. The number of hydrogen-bond acceptors (Lipinski definition) is 5. The van der Waals surface area contributed by atoms with E-state index in [9.17, 15) is 5.26 Å². The number of nitriles is 1. The Morgan fingerprint density at radius 3 is 2.90 bits per heavy atom. The number of nitrogens with two attached hydrogens (primary N) is 1. The molecule has 0 spiro atoms. The molecule has 0 aliphatic carbocycles. The second-order valence-electron chi connectivity index (χ2n) is 4.95. The maximum absolute atomic E-state index is 9.38. The van der Waals surface area contributed by atoms with Crippen LogP contribution in [0.25, 0.3) is 0 Å². The van der Waals surface area contributed by atoms with Crippen LogP contribution in [0.2, 0.25) is 0 Å². The normalized spacial score (nSPS) is 17.8. The third-order valence-electron chi connectivity index (χ3n) is 3.37. The van der Waals surface area contributed by atoms with E-state index in [2.05, 4.69) is 16.3 Å². The SMILES string of the molecule is CC(C)c1[nH]nc2c1[C@H](c1ccco1)C(C#N)=C(N)O2. The lowest BCUT2D eigenvalue weighted by Crippen LogP contribution is -2.21. The van der Waals surface area contributed by atoms with E-state index < -0.39 is 0 Å². The summed E-state index contributed by atoms with van der Waals surface area (Å²) in [5, 5.41) is 16.5. The van der Waals surface area contributed by atoms with Crippen LogP contribution in [-0.4, -0.2) is 10.2 Å². The molecule has 0 bridgehead atoms. The van der Waals surface area contributed by atoms with Gasteiger partial charge in [-0.05, 0) is 18.1 Å². The molecule has 0 saturated heterocycles. The molecule has 0 radical (unpaired) electrons. The van der Waals surface area contributed by atoms with Crippen molar-refractivity contribution < 1.29 is 9.15 Å². The Morgan fingerprint density at radius 1 is 1.50 bits per heavy atom. The Balaban J connectivity index is 2.24. The zero-order valence-electron chi connectivity index (χ0n) is 11.2. The predicted octanol–water partition coefficient (Wildman–Crippen LogP) is 2.34. The van der Waals surface area contributed by atoms with Crippen LogP contribution in [0, 0.1) is 11.3 Å². The van der Waals surface area contributed by atoms with Gasteiger partial charge in [0.25, 0.3) is 0 Å². The topological polar surface area (TPSA) is 101 Å². The maximum atomic E-state index is 9.38. The molecule has 6 nitrogen and oxygen atoms in total. The van der Waals surface area contributed by atoms with E-state index in [-0.39, 0.29) is 17.7 Å². The van der Waals surface area contributed by atoms with E-state index >= 15 is 0 Å². The van der Waals surface area contributed by atoms with Gasteiger partial charge in [-0.3, -0.25) is 5.10 Å². The summed E-state index contributed by atoms with van der Waals surface area (Å²) in [6, 6.07) is 5.72. The Labute approximate surface area is 115 Å². The smallest absolute Gasteiger partial charge is 0.244 e. The number of allylic oxidation sites excluding steroid dienone is 1. The van der Waals surface area contributed by atoms with Gasteiger partial charge in [0.05, 0.1) is 17.7 Å². The molecule has 102 valence electrons. The van der Waals surface area contributed by atoms with Crippen molar-refractivity contribution in [3.05, 3.63) is 46.9 Å². The Morgan fingerprint density at radius 2 is 2.30 bits per heavy atom. The van der Waals surface area contributed by atoms with Gasteiger partial charge in [0.1, 0.15) is 17.4 Å². The maximum Gasteiger partial charge on any atom is 0.244 e. The molecular weight excluding hydrogens is 256 g/mol. The summed E-state index contributed by atoms with van der Waals surface area (Å²) < 4.78 is 10.9.